The van der Waals surface area contributed by atoms with Crippen LogP contribution in [-0.4, -0.2) is 33.0 Å². The number of ketones is 1. The summed E-state index contributed by atoms with van der Waals surface area (Å²) in [6.45, 7) is 2.04. The number of hydrogen-bond donors (Lipinski definition) is 0. The summed E-state index contributed by atoms with van der Waals surface area (Å²) in [5, 5.41) is 4.16. The molecule has 0 spiro atoms. The molecule has 2 aromatic heterocycles. The standard InChI is InChI=1S/C12H11N3O3/c1-2-18-12(17)8-5-11-13-6-7-9(15(11)14-8)3-4-10(7)16/h5-6H,2-4H2,1H3. The van der Waals surface area contributed by atoms with E-state index in [0.29, 0.717) is 30.7 Å². The fourth-order valence-electron chi connectivity index (χ4n) is 2.13. The number of fused-ring (bicyclic) bond motifs is 3. The third-order valence-corrected chi connectivity index (χ3v) is 2.96. The topological polar surface area (TPSA) is 73.6 Å². The lowest BCUT2D eigenvalue weighted by atomic mass is 10.2. The Morgan fingerprint density at radius 3 is 3.11 bits per heavy atom. The van der Waals surface area contributed by atoms with Crippen molar-refractivity contribution in [2.24, 2.45) is 0 Å². The molecule has 0 saturated heterocycles. The van der Waals surface area contributed by atoms with Crippen molar-refractivity contribution < 1.29 is 14.3 Å². The van der Waals surface area contributed by atoms with Crippen LogP contribution in [0.3, 0.4) is 0 Å². The number of carbonyl (C=O) groups is 2. The molecule has 0 amide bonds. The first-order valence-corrected chi connectivity index (χ1v) is 5.78. The van der Waals surface area contributed by atoms with E-state index in [1.54, 1.807) is 23.7 Å². The molecule has 0 aliphatic heterocycles. The van der Waals surface area contributed by atoms with Crippen molar-refractivity contribution >= 4 is 17.4 Å². The Bertz CT molecular complexity index is 660. The van der Waals surface area contributed by atoms with Gasteiger partial charge in [0.1, 0.15) is 0 Å². The number of esters is 1. The van der Waals surface area contributed by atoms with Crippen LogP contribution in [0.2, 0.25) is 0 Å². The van der Waals surface area contributed by atoms with E-state index in [1.165, 1.54) is 0 Å². The van der Waals surface area contributed by atoms with Gasteiger partial charge in [0.15, 0.2) is 17.1 Å². The van der Waals surface area contributed by atoms with Crippen molar-refractivity contribution in [3.8, 4) is 0 Å². The minimum Gasteiger partial charge on any atom is -0.461 e. The van der Waals surface area contributed by atoms with E-state index in [4.69, 9.17) is 4.74 Å². The Morgan fingerprint density at radius 1 is 1.50 bits per heavy atom. The fourth-order valence-corrected chi connectivity index (χ4v) is 2.13. The molecule has 0 fully saturated rings. The highest BCUT2D eigenvalue weighted by Crippen LogP contribution is 2.22. The molecule has 0 atom stereocenters. The van der Waals surface area contributed by atoms with Crippen LogP contribution in [0.25, 0.3) is 5.65 Å². The lowest BCUT2D eigenvalue weighted by Crippen LogP contribution is -2.06. The number of Topliss-reactive ketones (excluding diaryl/α,β-unsaturated/α-hetero) is 1. The molecule has 92 valence electrons. The second-order valence-electron chi connectivity index (χ2n) is 4.06. The first-order chi connectivity index (χ1) is 8.70. The molecule has 0 bridgehead atoms. The van der Waals surface area contributed by atoms with Crippen LogP contribution in [0.5, 0.6) is 0 Å². The Morgan fingerprint density at radius 2 is 2.33 bits per heavy atom. The average molecular weight is 245 g/mol. The molecule has 1 aliphatic rings. The van der Waals surface area contributed by atoms with Gasteiger partial charge in [0.25, 0.3) is 0 Å². The highest BCUT2D eigenvalue weighted by atomic mass is 16.5. The molecule has 0 aromatic carbocycles. The van der Waals surface area contributed by atoms with Gasteiger partial charge >= 0.3 is 5.97 Å². The van der Waals surface area contributed by atoms with E-state index >= 15 is 0 Å². The predicted octanol–water partition coefficient (Wildman–Crippen LogP) is 1.03. The van der Waals surface area contributed by atoms with Gasteiger partial charge in [0.2, 0.25) is 0 Å². The van der Waals surface area contributed by atoms with E-state index in [1.807, 2.05) is 0 Å². The summed E-state index contributed by atoms with van der Waals surface area (Å²) >= 11 is 0. The summed E-state index contributed by atoms with van der Waals surface area (Å²) in [5.74, 6) is -0.395. The van der Waals surface area contributed by atoms with Crippen molar-refractivity contribution in [1.82, 2.24) is 14.6 Å². The molecule has 0 radical (unpaired) electrons. The van der Waals surface area contributed by atoms with Crippen LogP contribution in [0.15, 0.2) is 12.3 Å². The van der Waals surface area contributed by atoms with Gasteiger partial charge < -0.3 is 4.74 Å². The average Bonchev–Trinajstić information content (AvgIpc) is 2.93. The Hall–Kier alpha value is -2.24. The Labute approximate surface area is 103 Å². The lowest BCUT2D eigenvalue weighted by Gasteiger charge is -1.99. The zero-order valence-electron chi connectivity index (χ0n) is 9.84. The van der Waals surface area contributed by atoms with E-state index in [-0.39, 0.29) is 11.5 Å². The number of ether oxygens (including phenoxy) is 1. The van der Waals surface area contributed by atoms with Crippen LogP contribution >= 0.6 is 0 Å². The van der Waals surface area contributed by atoms with Gasteiger partial charge in [-0.2, -0.15) is 5.10 Å². The number of aryl methyl sites for hydroxylation is 1. The molecular weight excluding hydrogens is 234 g/mol. The molecule has 1 aliphatic carbocycles. The molecule has 3 rings (SSSR count). The molecule has 2 aromatic rings. The third-order valence-electron chi connectivity index (χ3n) is 2.96. The first kappa shape index (κ1) is 10.9. The lowest BCUT2D eigenvalue weighted by molar-refractivity contribution is 0.0519. The summed E-state index contributed by atoms with van der Waals surface area (Å²) < 4.78 is 6.45. The minimum atomic E-state index is -0.471. The van der Waals surface area contributed by atoms with Crippen molar-refractivity contribution in [3.05, 3.63) is 29.2 Å². The SMILES string of the molecule is CCOC(=O)c1cc2ncc3c(n2n1)CCC3=O. The van der Waals surface area contributed by atoms with E-state index in [0.717, 1.165) is 5.69 Å². The van der Waals surface area contributed by atoms with Gasteiger partial charge in [0.05, 0.1) is 17.9 Å². The van der Waals surface area contributed by atoms with Crippen LogP contribution in [-0.2, 0) is 11.2 Å². The van der Waals surface area contributed by atoms with Gasteiger partial charge in [-0.05, 0) is 13.3 Å². The molecule has 6 nitrogen and oxygen atoms in total. The number of rotatable bonds is 2. The maximum Gasteiger partial charge on any atom is 0.358 e. The molecule has 0 saturated carbocycles. The van der Waals surface area contributed by atoms with Crippen molar-refractivity contribution in [1.29, 1.82) is 0 Å². The van der Waals surface area contributed by atoms with Gasteiger partial charge in [-0.15, -0.1) is 0 Å². The highest BCUT2D eigenvalue weighted by molar-refractivity contribution is 6.00. The van der Waals surface area contributed by atoms with Crippen molar-refractivity contribution in [2.75, 3.05) is 6.61 Å². The second-order valence-corrected chi connectivity index (χ2v) is 4.06. The van der Waals surface area contributed by atoms with Crippen LogP contribution in [0.4, 0.5) is 0 Å². The third kappa shape index (κ3) is 1.49. The molecule has 2 heterocycles. The highest BCUT2D eigenvalue weighted by Gasteiger charge is 2.24. The van der Waals surface area contributed by atoms with Gasteiger partial charge in [-0.25, -0.2) is 14.3 Å². The zero-order chi connectivity index (χ0) is 12.7. The smallest absolute Gasteiger partial charge is 0.358 e. The maximum absolute atomic E-state index is 11.6. The Kier molecular flexibility index (Phi) is 2.36. The van der Waals surface area contributed by atoms with Gasteiger partial charge in [-0.3, -0.25) is 4.79 Å². The maximum atomic E-state index is 11.6. The minimum absolute atomic E-state index is 0.0765. The monoisotopic (exact) mass is 245 g/mol. The zero-order valence-corrected chi connectivity index (χ0v) is 9.84. The molecular formula is C12H11N3O3. The Balaban J connectivity index is 2.13. The number of nitrogens with zero attached hydrogens (tertiary/aromatic N) is 3. The predicted molar refractivity (Wildman–Crippen MR) is 61.6 cm³/mol. The van der Waals surface area contributed by atoms with E-state index in [2.05, 4.69) is 10.1 Å². The van der Waals surface area contributed by atoms with Crippen LogP contribution < -0.4 is 0 Å². The quantitative estimate of drug-likeness (QED) is 0.739. The number of hydrogen-bond acceptors (Lipinski definition) is 5. The molecule has 0 unspecified atom stereocenters. The molecule has 0 N–H and O–H groups in total. The summed E-state index contributed by atoms with van der Waals surface area (Å²) in [4.78, 5) is 27.3. The summed E-state index contributed by atoms with van der Waals surface area (Å²) in [6, 6.07) is 1.57. The first-order valence-electron chi connectivity index (χ1n) is 5.78. The van der Waals surface area contributed by atoms with Crippen LogP contribution in [0, 0.1) is 0 Å². The van der Waals surface area contributed by atoms with E-state index in [9.17, 15) is 9.59 Å². The normalized spacial score (nSPS) is 13.9. The number of aromatic nitrogens is 3. The summed E-state index contributed by atoms with van der Waals surface area (Å²) in [5.41, 5.74) is 2.20. The number of carbonyl (C=O) groups excluding carboxylic acids is 2. The largest absolute Gasteiger partial charge is 0.461 e. The summed E-state index contributed by atoms with van der Waals surface area (Å²) in [6.07, 6.45) is 2.67. The summed E-state index contributed by atoms with van der Waals surface area (Å²) in [7, 11) is 0. The van der Waals surface area contributed by atoms with Crippen molar-refractivity contribution in [3.63, 3.8) is 0 Å². The van der Waals surface area contributed by atoms with Gasteiger partial charge in [-0.1, -0.05) is 0 Å². The molecule has 6 heteroatoms. The van der Waals surface area contributed by atoms with Crippen LogP contribution in [0.1, 0.15) is 39.9 Å². The van der Waals surface area contributed by atoms with Gasteiger partial charge in [0, 0.05) is 18.7 Å². The fraction of sp³-hybridized carbons (Fsp3) is 0.333. The molecule has 18 heavy (non-hydrogen) atoms. The van der Waals surface area contributed by atoms with Crippen molar-refractivity contribution in [2.45, 2.75) is 19.8 Å². The van der Waals surface area contributed by atoms with E-state index < -0.39 is 5.97 Å². The second kappa shape index (κ2) is 3.90.